The van der Waals surface area contributed by atoms with Gasteiger partial charge in [-0.2, -0.15) is 22.0 Å². The van der Waals surface area contributed by atoms with Crippen LogP contribution in [0, 0.1) is 22.7 Å². The van der Waals surface area contributed by atoms with Crippen LogP contribution < -0.4 is 0 Å². The van der Waals surface area contributed by atoms with Crippen molar-refractivity contribution in [1.29, 1.82) is 0 Å². The lowest BCUT2D eigenvalue weighted by atomic mass is 9.49. The highest BCUT2D eigenvalue weighted by atomic mass is 19.4. The van der Waals surface area contributed by atoms with Crippen LogP contribution >= 0.6 is 0 Å². The average molecular weight is 699 g/mol. The van der Waals surface area contributed by atoms with Crippen LogP contribution in [0.2, 0.25) is 0 Å². The summed E-state index contributed by atoms with van der Waals surface area (Å²) in [5.74, 6) is -7.75. The van der Waals surface area contributed by atoms with Crippen LogP contribution in [0.3, 0.4) is 0 Å². The molecular weight excluding hydrogens is 647 g/mol. The number of fused-ring (bicyclic) bond motifs is 4. The molecule has 2 unspecified atom stereocenters. The lowest BCUT2D eigenvalue weighted by Gasteiger charge is -2.59. The van der Waals surface area contributed by atoms with Crippen molar-refractivity contribution in [2.24, 2.45) is 22.7 Å². The maximum Gasteiger partial charge on any atom is 0.456 e. The number of aliphatic hydroxyl groups is 2. The second kappa shape index (κ2) is 12.0. The Balaban J connectivity index is 1.27. The molecule has 1 spiro atoms. The van der Waals surface area contributed by atoms with E-state index >= 15 is 8.78 Å². The van der Waals surface area contributed by atoms with E-state index in [1.54, 1.807) is 0 Å². The van der Waals surface area contributed by atoms with Gasteiger partial charge in [-0.3, -0.25) is 0 Å². The van der Waals surface area contributed by atoms with Crippen molar-refractivity contribution in [2.75, 3.05) is 19.8 Å². The lowest BCUT2D eigenvalue weighted by Crippen LogP contribution is -2.65. The normalized spacial score (nSPS) is 39.7. The van der Waals surface area contributed by atoms with Crippen LogP contribution in [-0.2, 0) is 18.9 Å². The molecule has 8 atom stereocenters. The highest BCUT2D eigenvalue weighted by Crippen LogP contribution is 2.71. The number of rotatable bonds is 5. The summed E-state index contributed by atoms with van der Waals surface area (Å²) in [4.78, 5) is 0. The van der Waals surface area contributed by atoms with Gasteiger partial charge >= 0.3 is 12.1 Å². The van der Waals surface area contributed by atoms with E-state index in [9.17, 15) is 23.4 Å². The molecule has 2 aliphatic heterocycles. The van der Waals surface area contributed by atoms with Crippen LogP contribution in [0.25, 0.3) is 0 Å². The first-order chi connectivity index (χ1) is 22.8. The Hall–Kier alpha value is -1.63. The van der Waals surface area contributed by atoms with Gasteiger partial charge in [0.15, 0.2) is 12.1 Å². The van der Waals surface area contributed by atoms with Crippen LogP contribution in [0.4, 0.5) is 22.0 Å². The molecule has 4 aliphatic carbocycles. The second-order valence-corrected chi connectivity index (χ2v) is 16.9. The average Bonchev–Trinajstić information content (AvgIpc) is 3.33. The number of allylic oxidation sites excluding steroid dienone is 1. The van der Waals surface area contributed by atoms with Gasteiger partial charge in [0.25, 0.3) is 0 Å². The minimum Gasteiger partial charge on any atom is -0.385 e. The first-order valence-corrected chi connectivity index (χ1v) is 18.1. The Bertz CT molecular complexity index is 1430. The van der Waals surface area contributed by atoms with Gasteiger partial charge in [0.05, 0.1) is 24.9 Å². The minimum absolute atomic E-state index is 0.0491. The summed E-state index contributed by atoms with van der Waals surface area (Å²) in [6, 6.07) is 7.64. The van der Waals surface area contributed by atoms with Gasteiger partial charge in [-0.1, -0.05) is 50.6 Å². The van der Waals surface area contributed by atoms with Gasteiger partial charge in [-0.05, 0) is 93.2 Å². The molecule has 0 aromatic heterocycles. The fraction of sp³-hybridized carbons (Fsp3) is 0.789. The van der Waals surface area contributed by atoms with E-state index in [1.165, 1.54) is 6.92 Å². The number of halogens is 5. The monoisotopic (exact) mass is 698 g/mol. The molecule has 0 radical (unpaired) electrons. The SMILES string of the molecule is CC(OC1CCCCO1)c1ccc([C@H]2C[C@@]3(C)[C@@H](CC[C@@]3(O)C(F)(F)C(F)(F)F)[C@@H]3CC[C@@]4(O)CC5(CCC4=C32)OCC(C)(C)CO5)cc1. The van der Waals surface area contributed by atoms with Crippen LogP contribution in [0.5, 0.6) is 0 Å². The van der Waals surface area contributed by atoms with Crippen LogP contribution in [0.1, 0.15) is 121 Å². The van der Waals surface area contributed by atoms with Gasteiger partial charge in [0.2, 0.25) is 0 Å². The molecule has 274 valence electrons. The first kappa shape index (κ1) is 35.8. The zero-order valence-electron chi connectivity index (χ0n) is 29.0. The summed E-state index contributed by atoms with van der Waals surface area (Å²) < 4.78 is 97.4. The molecule has 6 aliphatic rings. The maximum atomic E-state index is 15.4. The number of hydrogen-bond acceptors (Lipinski definition) is 6. The molecule has 11 heteroatoms. The molecular formula is C38H51F5O6. The predicted octanol–water partition coefficient (Wildman–Crippen LogP) is 8.51. The molecule has 1 aromatic rings. The van der Waals surface area contributed by atoms with Crippen molar-refractivity contribution in [3.8, 4) is 0 Å². The Labute approximate surface area is 285 Å². The van der Waals surface area contributed by atoms with Gasteiger partial charge in [0, 0.05) is 36.2 Å². The summed E-state index contributed by atoms with van der Waals surface area (Å²) in [6.07, 6.45) is -2.37. The highest BCUT2D eigenvalue weighted by Gasteiger charge is 2.79. The van der Waals surface area contributed by atoms with E-state index < -0.39 is 52.8 Å². The molecule has 1 aromatic carbocycles. The Morgan fingerprint density at radius 2 is 1.59 bits per heavy atom. The standard InChI is InChI=1S/C38H51F5O6/c1-23(49-30-7-5-6-18-46-30)24-8-10-25(11-9-24)27-19-33(4)28(14-17-36(33,45)37(39,40)38(41,42)43)26-12-15-34(44)20-35(16-13-29(34)31(26)27)47-21-32(2,3)22-48-35/h8-11,23,26-28,30,44-45H,5-7,12-22H2,1-4H3/t23?,26-,27+,28-,30?,33-,34+,36-/m0/s1. The van der Waals surface area contributed by atoms with E-state index in [4.69, 9.17) is 18.9 Å². The predicted molar refractivity (Wildman–Crippen MR) is 171 cm³/mol. The third kappa shape index (κ3) is 5.72. The van der Waals surface area contributed by atoms with E-state index in [0.717, 1.165) is 41.5 Å². The van der Waals surface area contributed by atoms with Gasteiger partial charge in [-0.25, -0.2) is 0 Å². The van der Waals surface area contributed by atoms with Crippen molar-refractivity contribution in [3.05, 3.63) is 46.5 Å². The Morgan fingerprint density at radius 3 is 2.22 bits per heavy atom. The fourth-order valence-corrected chi connectivity index (χ4v) is 10.4. The van der Waals surface area contributed by atoms with E-state index in [2.05, 4.69) is 13.8 Å². The summed E-state index contributed by atoms with van der Waals surface area (Å²) in [5, 5.41) is 24.0. The van der Waals surface area contributed by atoms with Crippen molar-refractivity contribution < 1.29 is 51.1 Å². The van der Waals surface area contributed by atoms with Crippen molar-refractivity contribution in [1.82, 2.24) is 0 Å². The molecule has 3 saturated carbocycles. The molecule has 2 saturated heterocycles. The largest absolute Gasteiger partial charge is 0.456 e. The fourth-order valence-electron chi connectivity index (χ4n) is 10.4. The smallest absolute Gasteiger partial charge is 0.385 e. The first-order valence-electron chi connectivity index (χ1n) is 18.1. The number of benzene rings is 1. The summed E-state index contributed by atoms with van der Waals surface area (Å²) >= 11 is 0. The van der Waals surface area contributed by atoms with E-state index in [0.29, 0.717) is 45.5 Å². The van der Waals surface area contributed by atoms with E-state index in [-0.39, 0.29) is 43.0 Å². The molecule has 2 heterocycles. The number of alkyl halides is 5. The maximum absolute atomic E-state index is 15.4. The van der Waals surface area contributed by atoms with Crippen molar-refractivity contribution in [3.63, 3.8) is 0 Å². The molecule has 2 N–H and O–H groups in total. The summed E-state index contributed by atoms with van der Waals surface area (Å²) in [5.41, 5.74) is -2.98. The minimum atomic E-state index is -5.90. The summed E-state index contributed by atoms with van der Waals surface area (Å²) in [6.45, 7) is 9.14. The van der Waals surface area contributed by atoms with Gasteiger partial charge in [0.1, 0.15) is 5.60 Å². The third-order valence-electron chi connectivity index (χ3n) is 13.2. The quantitative estimate of drug-likeness (QED) is 0.237. The Kier molecular flexibility index (Phi) is 8.72. The lowest BCUT2D eigenvalue weighted by molar-refractivity contribution is -0.362. The summed E-state index contributed by atoms with van der Waals surface area (Å²) in [7, 11) is 0. The highest BCUT2D eigenvalue weighted by molar-refractivity contribution is 5.45. The topological polar surface area (TPSA) is 77.4 Å². The molecule has 0 amide bonds. The number of hydrogen-bond donors (Lipinski definition) is 2. The van der Waals surface area contributed by atoms with Crippen molar-refractivity contribution in [2.45, 2.75) is 146 Å². The Morgan fingerprint density at radius 1 is 0.898 bits per heavy atom. The van der Waals surface area contributed by atoms with Crippen molar-refractivity contribution >= 4 is 0 Å². The van der Waals surface area contributed by atoms with Crippen LogP contribution in [0.15, 0.2) is 35.4 Å². The zero-order valence-corrected chi connectivity index (χ0v) is 29.0. The van der Waals surface area contributed by atoms with Gasteiger partial charge in [-0.15, -0.1) is 0 Å². The van der Waals surface area contributed by atoms with Gasteiger partial charge < -0.3 is 29.2 Å². The molecule has 6 nitrogen and oxygen atoms in total. The second-order valence-electron chi connectivity index (χ2n) is 16.9. The molecule has 49 heavy (non-hydrogen) atoms. The van der Waals surface area contributed by atoms with E-state index in [1.807, 2.05) is 31.2 Å². The molecule has 5 fully saturated rings. The molecule has 0 bridgehead atoms. The van der Waals surface area contributed by atoms with Crippen LogP contribution in [-0.4, -0.2) is 65.4 Å². The third-order valence-corrected chi connectivity index (χ3v) is 13.2. The molecule has 7 rings (SSSR count). The zero-order chi connectivity index (χ0) is 35.3. The number of ether oxygens (including phenoxy) is 4.